The number of aromatic nitrogens is 1. The third-order valence-corrected chi connectivity index (χ3v) is 5.48. The Kier molecular flexibility index (Phi) is 3.47. The van der Waals surface area contributed by atoms with Crippen LogP contribution < -0.4 is 4.90 Å². The fourth-order valence-corrected chi connectivity index (χ4v) is 4.35. The second kappa shape index (κ2) is 5.48. The number of pyridine rings is 1. The molecule has 0 unspecified atom stereocenters. The highest BCUT2D eigenvalue weighted by Gasteiger charge is 2.47. The Hall–Kier alpha value is -1.72. The number of carbonyl (C=O) groups is 1. The average Bonchev–Trinajstić information content (AvgIpc) is 3.23. The largest absolute Gasteiger partial charge is 0.298 e. The number of amides is 1. The van der Waals surface area contributed by atoms with E-state index in [1.807, 2.05) is 23.1 Å². The van der Waals surface area contributed by atoms with Gasteiger partial charge in [0.15, 0.2) is 0 Å². The van der Waals surface area contributed by atoms with E-state index in [1.165, 1.54) is 5.56 Å². The van der Waals surface area contributed by atoms with Crippen LogP contribution in [-0.4, -0.2) is 35.4 Å². The summed E-state index contributed by atoms with van der Waals surface area (Å²) >= 11 is 1.75. The van der Waals surface area contributed by atoms with Gasteiger partial charge in [-0.25, -0.2) is 4.98 Å². The summed E-state index contributed by atoms with van der Waals surface area (Å²) in [6, 6.07) is 7.95. The van der Waals surface area contributed by atoms with E-state index in [4.69, 9.17) is 0 Å². The number of rotatable bonds is 3. The number of hydrogen-bond acceptors (Lipinski definition) is 4. The highest BCUT2D eigenvalue weighted by Crippen LogP contribution is 2.41. The van der Waals surface area contributed by atoms with Crippen molar-refractivity contribution in [1.29, 1.82) is 0 Å². The van der Waals surface area contributed by atoms with Crippen LogP contribution in [0, 0.1) is 5.41 Å². The molecule has 5 heteroatoms. The molecule has 0 aromatic carbocycles. The lowest BCUT2D eigenvalue weighted by atomic mass is 9.86. The zero-order valence-electron chi connectivity index (χ0n) is 12.4. The standard InChI is InChI=1S/C17H19N3OS/c21-16-9-17(13-20(16)15-3-1-2-6-18-15)5-7-19(12-17)10-14-4-8-22-11-14/h1-4,6,8,11H,5,7,9-10,12-13H2/t17-/m0/s1. The highest BCUT2D eigenvalue weighted by molar-refractivity contribution is 7.07. The van der Waals surface area contributed by atoms with Gasteiger partial charge in [-0.05, 0) is 47.5 Å². The number of anilines is 1. The number of thiophene rings is 1. The minimum atomic E-state index is 0.116. The van der Waals surface area contributed by atoms with Crippen molar-refractivity contribution >= 4 is 23.1 Å². The van der Waals surface area contributed by atoms with Crippen LogP contribution >= 0.6 is 11.3 Å². The van der Waals surface area contributed by atoms with E-state index in [0.717, 1.165) is 38.4 Å². The Morgan fingerprint density at radius 2 is 2.23 bits per heavy atom. The molecule has 2 aliphatic rings. The first-order chi connectivity index (χ1) is 10.7. The molecule has 0 bridgehead atoms. The Bertz CT molecular complexity index is 658. The molecule has 2 saturated heterocycles. The van der Waals surface area contributed by atoms with Gasteiger partial charge in [-0.2, -0.15) is 11.3 Å². The number of carbonyl (C=O) groups excluding carboxylic acids is 1. The number of likely N-dealkylation sites (tertiary alicyclic amines) is 1. The third kappa shape index (κ3) is 2.55. The SMILES string of the molecule is O=C1C[C@]2(CCN(Cc3ccsc3)C2)CN1c1ccccn1. The van der Waals surface area contributed by atoms with Crippen molar-refractivity contribution in [3.63, 3.8) is 0 Å². The van der Waals surface area contributed by atoms with Gasteiger partial charge >= 0.3 is 0 Å². The Labute approximate surface area is 134 Å². The quantitative estimate of drug-likeness (QED) is 0.874. The topological polar surface area (TPSA) is 36.4 Å². The van der Waals surface area contributed by atoms with Crippen LogP contribution in [0.5, 0.6) is 0 Å². The lowest BCUT2D eigenvalue weighted by Crippen LogP contribution is -2.31. The van der Waals surface area contributed by atoms with Gasteiger partial charge in [0.05, 0.1) is 0 Å². The molecular formula is C17H19N3OS. The van der Waals surface area contributed by atoms with E-state index in [0.29, 0.717) is 6.42 Å². The van der Waals surface area contributed by atoms with Gasteiger partial charge in [-0.3, -0.25) is 14.6 Å². The van der Waals surface area contributed by atoms with Gasteiger partial charge in [0.1, 0.15) is 5.82 Å². The summed E-state index contributed by atoms with van der Waals surface area (Å²) in [5.74, 6) is 1.01. The number of nitrogens with zero attached hydrogens (tertiary/aromatic N) is 3. The highest BCUT2D eigenvalue weighted by atomic mass is 32.1. The summed E-state index contributed by atoms with van der Waals surface area (Å²) in [6.07, 6.45) is 3.51. The Morgan fingerprint density at radius 1 is 1.27 bits per heavy atom. The molecule has 4 nitrogen and oxygen atoms in total. The first kappa shape index (κ1) is 13.9. The van der Waals surface area contributed by atoms with Crippen LogP contribution in [0.4, 0.5) is 5.82 Å². The summed E-state index contributed by atoms with van der Waals surface area (Å²) < 4.78 is 0. The van der Waals surface area contributed by atoms with E-state index >= 15 is 0 Å². The maximum absolute atomic E-state index is 12.4. The van der Waals surface area contributed by atoms with Crippen molar-refractivity contribution in [2.75, 3.05) is 24.5 Å². The van der Waals surface area contributed by atoms with Crippen molar-refractivity contribution in [2.24, 2.45) is 5.41 Å². The molecule has 2 aromatic heterocycles. The van der Waals surface area contributed by atoms with Gasteiger partial charge in [0.2, 0.25) is 5.91 Å². The summed E-state index contributed by atoms with van der Waals surface area (Å²) in [6.45, 7) is 3.91. The maximum Gasteiger partial charge on any atom is 0.228 e. The van der Waals surface area contributed by atoms with Crippen LogP contribution in [0.15, 0.2) is 41.2 Å². The van der Waals surface area contributed by atoms with Gasteiger partial charge in [0, 0.05) is 37.7 Å². The summed E-state index contributed by atoms with van der Waals surface area (Å²) in [5, 5.41) is 4.34. The van der Waals surface area contributed by atoms with Gasteiger partial charge in [-0.1, -0.05) is 6.07 Å². The molecule has 22 heavy (non-hydrogen) atoms. The summed E-state index contributed by atoms with van der Waals surface area (Å²) in [7, 11) is 0. The minimum Gasteiger partial charge on any atom is -0.298 e. The van der Waals surface area contributed by atoms with Crippen molar-refractivity contribution in [1.82, 2.24) is 9.88 Å². The monoisotopic (exact) mass is 313 g/mol. The molecule has 0 radical (unpaired) electrons. The van der Waals surface area contributed by atoms with Crippen LogP contribution in [0.1, 0.15) is 18.4 Å². The zero-order chi connectivity index (χ0) is 15.0. The first-order valence-corrected chi connectivity index (χ1v) is 8.63. The van der Waals surface area contributed by atoms with E-state index in [1.54, 1.807) is 17.5 Å². The average molecular weight is 313 g/mol. The number of hydrogen-bond donors (Lipinski definition) is 0. The Morgan fingerprint density at radius 3 is 3.00 bits per heavy atom. The minimum absolute atomic E-state index is 0.116. The van der Waals surface area contributed by atoms with Crippen molar-refractivity contribution < 1.29 is 4.79 Å². The van der Waals surface area contributed by atoms with E-state index in [9.17, 15) is 4.79 Å². The first-order valence-electron chi connectivity index (χ1n) is 7.69. The molecule has 0 N–H and O–H groups in total. The fourth-order valence-electron chi connectivity index (χ4n) is 3.69. The Balaban J connectivity index is 1.46. The van der Waals surface area contributed by atoms with Crippen molar-refractivity contribution in [3.8, 4) is 0 Å². The van der Waals surface area contributed by atoms with Gasteiger partial charge in [-0.15, -0.1) is 0 Å². The summed E-state index contributed by atoms with van der Waals surface area (Å²) in [5.41, 5.74) is 1.50. The van der Waals surface area contributed by atoms with Crippen molar-refractivity contribution in [3.05, 3.63) is 46.8 Å². The fraction of sp³-hybridized carbons (Fsp3) is 0.412. The molecule has 4 heterocycles. The molecule has 2 aliphatic heterocycles. The van der Waals surface area contributed by atoms with Crippen molar-refractivity contribution in [2.45, 2.75) is 19.4 Å². The molecule has 2 fully saturated rings. The van der Waals surface area contributed by atoms with E-state index in [2.05, 4.69) is 26.7 Å². The second-order valence-electron chi connectivity index (χ2n) is 6.44. The lowest BCUT2D eigenvalue weighted by Gasteiger charge is -2.23. The van der Waals surface area contributed by atoms with Crippen LogP contribution in [-0.2, 0) is 11.3 Å². The predicted octanol–water partition coefficient (Wildman–Crippen LogP) is 2.77. The van der Waals surface area contributed by atoms with Gasteiger partial charge in [0.25, 0.3) is 0 Å². The van der Waals surface area contributed by atoms with Crippen LogP contribution in [0.3, 0.4) is 0 Å². The normalized spacial score (nSPS) is 25.5. The molecule has 1 atom stereocenters. The van der Waals surface area contributed by atoms with Crippen LogP contribution in [0.25, 0.3) is 0 Å². The molecule has 2 aromatic rings. The molecule has 1 spiro atoms. The molecule has 0 aliphatic carbocycles. The van der Waals surface area contributed by atoms with E-state index < -0.39 is 0 Å². The zero-order valence-corrected chi connectivity index (χ0v) is 13.3. The molecular weight excluding hydrogens is 294 g/mol. The van der Waals surface area contributed by atoms with Crippen LogP contribution in [0.2, 0.25) is 0 Å². The summed E-state index contributed by atoms with van der Waals surface area (Å²) in [4.78, 5) is 21.1. The third-order valence-electron chi connectivity index (χ3n) is 4.75. The maximum atomic E-state index is 12.4. The van der Waals surface area contributed by atoms with E-state index in [-0.39, 0.29) is 11.3 Å². The molecule has 0 saturated carbocycles. The molecule has 4 rings (SSSR count). The van der Waals surface area contributed by atoms with Gasteiger partial charge < -0.3 is 0 Å². The lowest BCUT2D eigenvalue weighted by molar-refractivity contribution is -0.117. The smallest absolute Gasteiger partial charge is 0.228 e. The second-order valence-corrected chi connectivity index (χ2v) is 7.22. The predicted molar refractivity (Wildman–Crippen MR) is 87.9 cm³/mol. The molecule has 114 valence electrons. The molecule has 1 amide bonds.